The van der Waals surface area contributed by atoms with E-state index in [9.17, 15) is 14.0 Å². The molecule has 1 aromatic carbocycles. The smallest absolute Gasteiger partial charge is 0.239 e. The summed E-state index contributed by atoms with van der Waals surface area (Å²) in [7, 11) is 0. The number of nitrogens with zero attached hydrogens (tertiary/aromatic N) is 1. The molecule has 2 fully saturated rings. The van der Waals surface area contributed by atoms with E-state index in [0.29, 0.717) is 13.1 Å². The highest BCUT2D eigenvalue weighted by molar-refractivity contribution is 5.94. The van der Waals surface area contributed by atoms with Gasteiger partial charge in [-0.2, -0.15) is 0 Å². The van der Waals surface area contributed by atoms with Gasteiger partial charge < -0.3 is 10.2 Å². The Labute approximate surface area is 110 Å². The molecule has 1 N–H and O–H groups in total. The summed E-state index contributed by atoms with van der Waals surface area (Å²) in [5, 5.41) is 2.70. The lowest BCUT2D eigenvalue weighted by Gasteiger charge is -2.30. The van der Waals surface area contributed by atoms with Gasteiger partial charge in [-0.15, -0.1) is 0 Å². The predicted octanol–water partition coefficient (Wildman–Crippen LogP) is 0.816. The molecule has 0 atom stereocenters. The fourth-order valence-corrected chi connectivity index (χ4v) is 2.63. The monoisotopic (exact) mass is 262 g/mol. The normalized spacial score (nSPS) is 20.9. The molecule has 100 valence electrons. The van der Waals surface area contributed by atoms with Crippen LogP contribution in [0.1, 0.15) is 18.4 Å². The number of hydrogen-bond acceptors (Lipinski definition) is 2. The van der Waals surface area contributed by atoms with Gasteiger partial charge in [-0.05, 0) is 30.5 Å². The van der Waals surface area contributed by atoms with E-state index in [4.69, 9.17) is 0 Å². The number of nitrogens with one attached hydrogen (secondary N) is 1. The maximum atomic E-state index is 13.0. The number of rotatable bonds is 2. The van der Waals surface area contributed by atoms with Crippen LogP contribution in [-0.2, 0) is 15.0 Å². The fraction of sp³-hybridized carbons (Fsp3) is 0.429. The zero-order valence-corrected chi connectivity index (χ0v) is 10.5. The molecule has 1 aliphatic heterocycles. The van der Waals surface area contributed by atoms with Gasteiger partial charge in [0.15, 0.2) is 0 Å². The predicted molar refractivity (Wildman–Crippen MR) is 66.9 cm³/mol. The Morgan fingerprint density at radius 1 is 1.26 bits per heavy atom. The molecule has 3 rings (SSSR count). The van der Waals surface area contributed by atoms with Gasteiger partial charge in [0.05, 0.1) is 12.0 Å². The first-order valence-electron chi connectivity index (χ1n) is 6.44. The van der Waals surface area contributed by atoms with Crippen molar-refractivity contribution in [3.8, 4) is 0 Å². The standard InChI is InChI=1S/C14H15FN2O2/c15-11-3-1-10(2-4-11)14(5-6-14)13(19)17-8-7-16-12(18)9-17/h1-4H,5-9H2,(H,16,18). The van der Waals surface area contributed by atoms with Crippen molar-refractivity contribution in [2.24, 2.45) is 0 Å². The van der Waals surface area contributed by atoms with Crippen molar-refractivity contribution in [2.45, 2.75) is 18.3 Å². The van der Waals surface area contributed by atoms with Crippen LogP contribution in [0.15, 0.2) is 24.3 Å². The van der Waals surface area contributed by atoms with E-state index >= 15 is 0 Å². The SMILES string of the molecule is O=C1CN(C(=O)C2(c3ccc(F)cc3)CC2)CCN1. The number of halogens is 1. The van der Waals surface area contributed by atoms with Crippen molar-refractivity contribution in [3.63, 3.8) is 0 Å². The van der Waals surface area contributed by atoms with Crippen LogP contribution < -0.4 is 5.32 Å². The van der Waals surface area contributed by atoms with Crippen molar-refractivity contribution < 1.29 is 14.0 Å². The Kier molecular flexibility index (Phi) is 2.77. The Bertz CT molecular complexity index is 523. The number of benzene rings is 1. The molecular weight excluding hydrogens is 247 g/mol. The molecule has 0 bridgehead atoms. The summed E-state index contributed by atoms with van der Waals surface area (Å²) in [4.78, 5) is 25.5. The third-order valence-electron chi connectivity index (χ3n) is 3.88. The zero-order valence-electron chi connectivity index (χ0n) is 10.5. The lowest BCUT2D eigenvalue weighted by molar-refractivity contribution is -0.140. The maximum Gasteiger partial charge on any atom is 0.239 e. The second-order valence-electron chi connectivity index (χ2n) is 5.17. The van der Waals surface area contributed by atoms with Crippen LogP contribution in [0.25, 0.3) is 0 Å². The zero-order chi connectivity index (χ0) is 13.5. The molecule has 0 unspecified atom stereocenters. The first-order chi connectivity index (χ1) is 9.12. The van der Waals surface area contributed by atoms with Gasteiger partial charge in [0.2, 0.25) is 11.8 Å². The van der Waals surface area contributed by atoms with Crippen LogP contribution in [0.2, 0.25) is 0 Å². The molecular formula is C14H15FN2O2. The van der Waals surface area contributed by atoms with Gasteiger partial charge in [0.25, 0.3) is 0 Å². The van der Waals surface area contributed by atoms with Crippen molar-refractivity contribution >= 4 is 11.8 Å². The largest absolute Gasteiger partial charge is 0.353 e. The number of hydrogen-bond donors (Lipinski definition) is 1. The lowest BCUT2D eigenvalue weighted by Crippen LogP contribution is -2.52. The van der Waals surface area contributed by atoms with Gasteiger partial charge in [0.1, 0.15) is 5.82 Å². The molecule has 4 nitrogen and oxygen atoms in total. The lowest BCUT2D eigenvalue weighted by atomic mass is 9.94. The average Bonchev–Trinajstić information content (AvgIpc) is 3.20. The second kappa shape index (κ2) is 4.33. The Hall–Kier alpha value is -1.91. The summed E-state index contributed by atoms with van der Waals surface area (Å²) in [5.74, 6) is -0.423. The molecule has 0 radical (unpaired) electrons. The minimum absolute atomic E-state index is 0.00559. The fourth-order valence-electron chi connectivity index (χ4n) is 2.63. The Balaban J connectivity index is 1.82. The maximum absolute atomic E-state index is 13.0. The highest BCUT2D eigenvalue weighted by atomic mass is 19.1. The highest BCUT2D eigenvalue weighted by Crippen LogP contribution is 2.49. The minimum Gasteiger partial charge on any atom is -0.353 e. The summed E-state index contributed by atoms with van der Waals surface area (Å²) in [5.41, 5.74) is 0.329. The molecule has 1 saturated heterocycles. The molecule has 1 heterocycles. The van der Waals surface area contributed by atoms with Gasteiger partial charge in [-0.1, -0.05) is 12.1 Å². The molecule has 5 heteroatoms. The summed E-state index contributed by atoms with van der Waals surface area (Å²) in [6.45, 7) is 1.18. The third-order valence-corrected chi connectivity index (χ3v) is 3.88. The highest BCUT2D eigenvalue weighted by Gasteiger charge is 2.53. The van der Waals surface area contributed by atoms with E-state index in [2.05, 4.69) is 5.32 Å². The van der Waals surface area contributed by atoms with Crippen LogP contribution in [0.4, 0.5) is 4.39 Å². The van der Waals surface area contributed by atoms with Crippen molar-refractivity contribution in [1.82, 2.24) is 10.2 Å². The van der Waals surface area contributed by atoms with Crippen LogP contribution in [0, 0.1) is 5.82 Å². The van der Waals surface area contributed by atoms with E-state index in [1.807, 2.05) is 0 Å². The molecule has 2 aliphatic rings. The van der Waals surface area contributed by atoms with E-state index in [1.165, 1.54) is 12.1 Å². The molecule has 1 aliphatic carbocycles. The van der Waals surface area contributed by atoms with Crippen molar-refractivity contribution in [2.75, 3.05) is 19.6 Å². The topological polar surface area (TPSA) is 49.4 Å². The summed E-state index contributed by atoms with van der Waals surface area (Å²) in [6.07, 6.45) is 1.55. The number of carbonyl (C=O) groups excluding carboxylic acids is 2. The first-order valence-corrected chi connectivity index (χ1v) is 6.44. The second-order valence-corrected chi connectivity index (χ2v) is 5.17. The Morgan fingerprint density at radius 3 is 2.53 bits per heavy atom. The van der Waals surface area contributed by atoms with Crippen LogP contribution in [0.5, 0.6) is 0 Å². The number of carbonyl (C=O) groups is 2. The molecule has 0 aromatic heterocycles. The summed E-state index contributed by atoms with van der Waals surface area (Å²) >= 11 is 0. The van der Waals surface area contributed by atoms with Gasteiger partial charge >= 0.3 is 0 Å². The Morgan fingerprint density at radius 2 is 1.95 bits per heavy atom. The molecule has 1 aromatic rings. The van der Waals surface area contributed by atoms with E-state index in [-0.39, 0.29) is 24.2 Å². The average molecular weight is 262 g/mol. The molecule has 19 heavy (non-hydrogen) atoms. The minimum atomic E-state index is -0.522. The third kappa shape index (κ3) is 2.09. The van der Waals surface area contributed by atoms with E-state index in [0.717, 1.165) is 18.4 Å². The van der Waals surface area contributed by atoms with Crippen molar-refractivity contribution in [1.29, 1.82) is 0 Å². The molecule has 0 spiro atoms. The van der Waals surface area contributed by atoms with Crippen molar-refractivity contribution in [3.05, 3.63) is 35.6 Å². The summed E-state index contributed by atoms with van der Waals surface area (Å²) < 4.78 is 13.0. The van der Waals surface area contributed by atoms with Gasteiger partial charge in [0, 0.05) is 13.1 Å². The number of piperazine rings is 1. The quantitative estimate of drug-likeness (QED) is 0.857. The van der Waals surface area contributed by atoms with Crippen LogP contribution in [0.3, 0.4) is 0 Å². The van der Waals surface area contributed by atoms with Gasteiger partial charge in [-0.25, -0.2) is 4.39 Å². The number of amides is 2. The first kappa shape index (κ1) is 12.1. The van der Waals surface area contributed by atoms with Crippen LogP contribution in [-0.4, -0.2) is 36.3 Å². The molecule has 2 amide bonds. The van der Waals surface area contributed by atoms with E-state index in [1.54, 1.807) is 17.0 Å². The van der Waals surface area contributed by atoms with E-state index < -0.39 is 5.41 Å². The van der Waals surface area contributed by atoms with Gasteiger partial charge in [-0.3, -0.25) is 9.59 Å². The van der Waals surface area contributed by atoms with Crippen LogP contribution >= 0.6 is 0 Å². The molecule has 1 saturated carbocycles. The summed E-state index contributed by atoms with van der Waals surface area (Å²) in [6, 6.07) is 6.10.